The van der Waals surface area contributed by atoms with Gasteiger partial charge in [0, 0.05) is 26.3 Å². The normalized spacial score (nSPS) is 18.4. The maximum Gasteiger partial charge on any atom is 0.0692 e. The summed E-state index contributed by atoms with van der Waals surface area (Å²) < 4.78 is 1.84. The average Bonchev–Trinajstić information content (AvgIpc) is 2.93. The van der Waals surface area contributed by atoms with Gasteiger partial charge in [-0.05, 0) is 24.8 Å². The summed E-state index contributed by atoms with van der Waals surface area (Å²) in [4.78, 5) is 0. The molecule has 0 radical (unpaired) electrons. The first kappa shape index (κ1) is 9.68. The van der Waals surface area contributed by atoms with Crippen LogP contribution in [0.1, 0.15) is 18.5 Å². The second kappa shape index (κ2) is 4.11. The summed E-state index contributed by atoms with van der Waals surface area (Å²) in [6.07, 6.45) is 4.00. The van der Waals surface area contributed by atoms with Crippen molar-refractivity contribution in [1.29, 1.82) is 0 Å². The first-order chi connectivity index (χ1) is 6.77. The molecule has 14 heavy (non-hydrogen) atoms. The number of hydrogen-bond acceptors (Lipinski definition) is 3. The Morgan fingerprint density at radius 3 is 3.07 bits per heavy atom. The molecule has 0 bridgehead atoms. The first-order valence-corrected chi connectivity index (χ1v) is 5.13. The third-order valence-electron chi connectivity index (χ3n) is 2.75. The van der Waals surface area contributed by atoms with Gasteiger partial charge >= 0.3 is 0 Å². The molecule has 1 aromatic heterocycles. The van der Waals surface area contributed by atoms with Gasteiger partial charge in [-0.15, -0.1) is 0 Å². The molecule has 1 fully saturated rings. The second-order valence-electron chi connectivity index (χ2n) is 3.98. The minimum absolute atomic E-state index is 0.164. The van der Waals surface area contributed by atoms with Crippen LogP contribution in [0, 0.1) is 5.92 Å². The van der Waals surface area contributed by atoms with Gasteiger partial charge in [0.15, 0.2) is 0 Å². The summed E-state index contributed by atoms with van der Waals surface area (Å²) in [6.45, 7) is 1.47. The van der Waals surface area contributed by atoms with E-state index in [-0.39, 0.29) is 6.10 Å². The van der Waals surface area contributed by atoms with Crippen LogP contribution in [0.4, 0.5) is 0 Å². The molecule has 1 aliphatic rings. The van der Waals surface area contributed by atoms with Crippen molar-refractivity contribution < 1.29 is 5.11 Å². The highest BCUT2D eigenvalue weighted by Crippen LogP contribution is 2.32. The molecule has 1 aliphatic carbocycles. The molecule has 2 rings (SSSR count). The molecule has 4 nitrogen and oxygen atoms in total. The summed E-state index contributed by atoms with van der Waals surface area (Å²) >= 11 is 0. The Kier molecular flexibility index (Phi) is 2.84. The van der Waals surface area contributed by atoms with Crippen LogP contribution in [0.2, 0.25) is 0 Å². The summed E-state index contributed by atoms with van der Waals surface area (Å²) in [6, 6.07) is 1.98. The van der Waals surface area contributed by atoms with Crippen molar-refractivity contribution in [3.8, 4) is 0 Å². The van der Waals surface area contributed by atoms with E-state index in [1.807, 2.05) is 17.8 Å². The Bertz CT molecular complexity index is 293. The molecule has 1 unspecified atom stereocenters. The lowest BCUT2D eigenvalue weighted by Gasteiger charge is -2.10. The summed E-state index contributed by atoms with van der Waals surface area (Å²) in [5.74, 6) is 0.550. The number of nitrogens with zero attached hydrogens (tertiary/aromatic N) is 2. The van der Waals surface area contributed by atoms with E-state index in [0.29, 0.717) is 12.5 Å². The Balaban J connectivity index is 1.69. The molecule has 4 heteroatoms. The lowest BCUT2D eigenvalue weighted by molar-refractivity contribution is 0.148. The van der Waals surface area contributed by atoms with Gasteiger partial charge in [-0.25, -0.2) is 0 Å². The minimum Gasteiger partial charge on any atom is -0.392 e. The third kappa shape index (κ3) is 2.33. The lowest BCUT2D eigenvalue weighted by Crippen LogP contribution is -2.28. The monoisotopic (exact) mass is 195 g/mol. The second-order valence-corrected chi connectivity index (χ2v) is 3.98. The maximum absolute atomic E-state index is 9.60. The standard InChI is InChI=1S/C10H17N3O/c1-13-9(4-5-12-13)6-11-7-10(14)8-2-3-8/h4-5,8,10-11,14H,2-3,6-7H2,1H3. The Labute approximate surface area is 83.9 Å². The van der Waals surface area contributed by atoms with Gasteiger partial charge in [-0.2, -0.15) is 5.10 Å². The van der Waals surface area contributed by atoms with Gasteiger partial charge in [0.25, 0.3) is 0 Å². The van der Waals surface area contributed by atoms with Gasteiger partial charge in [-0.3, -0.25) is 4.68 Å². The van der Waals surface area contributed by atoms with Gasteiger partial charge < -0.3 is 10.4 Å². The van der Waals surface area contributed by atoms with Gasteiger partial charge in [-0.1, -0.05) is 0 Å². The van der Waals surface area contributed by atoms with E-state index < -0.39 is 0 Å². The smallest absolute Gasteiger partial charge is 0.0692 e. The quantitative estimate of drug-likeness (QED) is 0.709. The zero-order chi connectivity index (χ0) is 9.97. The Hall–Kier alpha value is -0.870. The van der Waals surface area contributed by atoms with Crippen LogP contribution in [0.3, 0.4) is 0 Å². The van der Waals surface area contributed by atoms with Gasteiger partial charge in [0.2, 0.25) is 0 Å². The SMILES string of the molecule is Cn1nccc1CNCC(O)C1CC1. The molecule has 1 saturated carbocycles. The highest BCUT2D eigenvalue weighted by atomic mass is 16.3. The Morgan fingerprint density at radius 2 is 2.50 bits per heavy atom. The molecule has 0 amide bonds. The number of aromatic nitrogens is 2. The van der Waals surface area contributed by atoms with Crippen LogP contribution >= 0.6 is 0 Å². The van der Waals surface area contributed by atoms with E-state index in [2.05, 4.69) is 10.4 Å². The minimum atomic E-state index is -0.164. The summed E-state index contributed by atoms with van der Waals surface area (Å²) in [5.41, 5.74) is 1.15. The maximum atomic E-state index is 9.60. The average molecular weight is 195 g/mol. The van der Waals surface area contributed by atoms with Crippen molar-refractivity contribution in [1.82, 2.24) is 15.1 Å². The zero-order valence-electron chi connectivity index (χ0n) is 8.48. The summed E-state index contributed by atoms with van der Waals surface area (Å²) in [7, 11) is 1.92. The zero-order valence-corrected chi connectivity index (χ0v) is 8.48. The van der Waals surface area contributed by atoms with Crippen LogP contribution in [0.15, 0.2) is 12.3 Å². The number of nitrogens with one attached hydrogen (secondary N) is 1. The molecule has 0 aliphatic heterocycles. The third-order valence-corrected chi connectivity index (χ3v) is 2.75. The lowest BCUT2D eigenvalue weighted by atomic mass is 10.2. The number of rotatable bonds is 5. The van der Waals surface area contributed by atoms with Crippen molar-refractivity contribution >= 4 is 0 Å². The molecule has 78 valence electrons. The fourth-order valence-corrected chi connectivity index (χ4v) is 1.57. The number of aliphatic hydroxyl groups excluding tert-OH is 1. The fourth-order valence-electron chi connectivity index (χ4n) is 1.57. The predicted molar refractivity (Wildman–Crippen MR) is 53.6 cm³/mol. The Morgan fingerprint density at radius 1 is 1.71 bits per heavy atom. The highest BCUT2D eigenvalue weighted by molar-refractivity contribution is 4.99. The van der Waals surface area contributed by atoms with E-state index in [1.54, 1.807) is 6.20 Å². The van der Waals surface area contributed by atoms with E-state index in [0.717, 1.165) is 12.2 Å². The highest BCUT2D eigenvalue weighted by Gasteiger charge is 2.29. The van der Waals surface area contributed by atoms with E-state index in [4.69, 9.17) is 0 Å². The van der Waals surface area contributed by atoms with E-state index in [9.17, 15) is 5.11 Å². The number of hydrogen-bond donors (Lipinski definition) is 2. The molecular formula is C10H17N3O. The van der Waals surface area contributed by atoms with Crippen molar-refractivity contribution in [3.05, 3.63) is 18.0 Å². The van der Waals surface area contributed by atoms with Crippen molar-refractivity contribution in [2.24, 2.45) is 13.0 Å². The molecular weight excluding hydrogens is 178 g/mol. The van der Waals surface area contributed by atoms with Crippen molar-refractivity contribution in [3.63, 3.8) is 0 Å². The van der Waals surface area contributed by atoms with Crippen LogP contribution in [0.5, 0.6) is 0 Å². The topological polar surface area (TPSA) is 50.1 Å². The van der Waals surface area contributed by atoms with Gasteiger partial charge in [0.1, 0.15) is 0 Å². The van der Waals surface area contributed by atoms with Gasteiger partial charge in [0.05, 0.1) is 11.8 Å². The van der Waals surface area contributed by atoms with Crippen molar-refractivity contribution in [2.45, 2.75) is 25.5 Å². The molecule has 2 N–H and O–H groups in total. The van der Waals surface area contributed by atoms with Crippen LogP contribution in [-0.4, -0.2) is 27.5 Å². The first-order valence-electron chi connectivity index (χ1n) is 5.13. The molecule has 0 saturated heterocycles. The molecule has 0 aromatic carbocycles. The molecule has 1 heterocycles. The largest absolute Gasteiger partial charge is 0.392 e. The molecule has 1 aromatic rings. The molecule has 1 atom stereocenters. The van der Waals surface area contributed by atoms with Crippen LogP contribution in [0.25, 0.3) is 0 Å². The summed E-state index contributed by atoms with van der Waals surface area (Å²) in [5, 5.41) is 16.9. The van der Waals surface area contributed by atoms with Crippen LogP contribution in [-0.2, 0) is 13.6 Å². The number of aliphatic hydroxyl groups is 1. The van der Waals surface area contributed by atoms with Crippen molar-refractivity contribution in [2.75, 3.05) is 6.54 Å². The van der Waals surface area contributed by atoms with Crippen LogP contribution < -0.4 is 5.32 Å². The number of aryl methyl sites for hydroxylation is 1. The molecule has 0 spiro atoms. The predicted octanol–water partition coefficient (Wildman–Crippen LogP) is 0.281. The fraction of sp³-hybridized carbons (Fsp3) is 0.700. The van der Waals surface area contributed by atoms with E-state index in [1.165, 1.54) is 12.8 Å². The van der Waals surface area contributed by atoms with E-state index >= 15 is 0 Å².